The molecule has 20 nitrogen and oxygen atoms in total. The Kier molecular flexibility index (Phi) is 7.37. The first-order valence-corrected chi connectivity index (χ1v) is 24.1. The summed E-state index contributed by atoms with van der Waals surface area (Å²) in [5, 5.41) is 6.18. The van der Waals surface area contributed by atoms with E-state index in [0.717, 1.165) is 43.1 Å². The number of nitrogens with zero attached hydrogens (tertiary/aromatic N) is 18. The molecule has 20 heteroatoms. The van der Waals surface area contributed by atoms with E-state index < -0.39 is 0 Å². The van der Waals surface area contributed by atoms with Crippen molar-refractivity contribution in [1.29, 1.82) is 0 Å². The molecule has 2 aliphatic heterocycles. The monoisotopic (exact) mass is 976 g/mol. The van der Waals surface area contributed by atoms with Gasteiger partial charge in [-0.3, -0.25) is 29.9 Å². The van der Waals surface area contributed by atoms with E-state index in [-0.39, 0.29) is 23.3 Å². The van der Waals surface area contributed by atoms with Crippen molar-refractivity contribution in [3.05, 3.63) is 134 Å². The van der Waals surface area contributed by atoms with Gasteiger partial charge in [-0.1, -0.05) is 24.3 Å². The second-order valence-corrected chi connectivity index (χ2v) is 18.4. The maximum Gasteiger partial charge on any atom is 0.184 e. The van der Waals surface area contributed by atoms with Gasteiger partial charge in [0.1, 0.15) is 45.1 Å². The predicted molar refractivity (Wildman–Crippen MR) is 287 cm³/mol. The van der Waals surface area contributed by atoms with Crippen molar-refractivity contribution in [3.63, 3.8) is 0 Å². The highest BCUT2D eigenvalue weighted by atomic mass is 15.1. The summed E-state index contributed by atoms with van der Waals surface area (Å²) in [7, 11) is 0. The number of H-pyrrole nitrogens is 2. The maximum absolute atomic E-state index is 5.40. The Labute approximate surface area is 421 Å². The highest BCUT2D eigenvalue weighted by molar-refractivity contribution is 6.24. The number of aromatic amines is 2. The SMILES string of the molecule is c1ccc2c3nc4nc(nc5[nH]c(nc6nc(nc([nH]3)c2c1)-c1nc2c3cccnc3c3ncccc3c2nc1-6)c1nc2c3cccnc3c3ncccc3c2nc51)-c1nc2c3cccnc3c3ncccc3c2nc1-4. The van der Waals surface area contributed by atoms with Crippen molar-refractivity contribution in [1.82, 2.24) is 99.7 Å². The Balaban J connectivity index is 1.03. The molecular formula is C56H24N20. The largest absolute Gasteiger partial charge is 0.324 e. The normalized spacial score (nSPS) is 12.5. The summed E-state index contributed by atoms with van der Waals surface area (Å²) in [6.07, 6.45) is 10.5. The lowest BCUT2D eigenvalue weighted by atomic mass is 10.1. The Hall–Kier alpha value is -11.3. The van der Waals surface area contributed by atoms with Crippen molar-refractivity contribution in [2.45, 2.75) is 0 Å². The van der Waals surface area contributed by atoms with E-state index in [9.17, 15) is 0 Å². The van der Waals surface area contributed by atoms with Crippen molar-refractivity contribution >= 4 is 143 Å². The molecule has 0 aliphatic carbocycles. The molecule has 0 atom stereocenters. The number of fused-ring (bicyclic) bond motifs is 38. The van der Waals surface area contributed by atoms with Crippen LogP contribution in [0.2, 0.25) is 0 Å². The van der Waals surface area contributed by atoms with Gasteiger partial charge in [-0.15, -0.1) is 0 Å². The van der Waals surface area contributed by atoms with Gasteiger partial charge < -0.3 is 9.97 Å². The van der Waals surface area contributed by atoms with Gasteiger partial charge in [-0.2, -0.15) is 0 Å². The molecule has 0 fully saturated rings. The predicted octanol–water partition coefficient (Wildman–Crippen LogP) is 9.99. The number of hydrogen-bond donors (Lipinski definition) is 2. The number of hydrogen-bond acceptors (Lipinski definition) is 18. The molecule has 2 N–H and O–H groups in total. The number of nitrogens with one attached hydrogen (secondary N) is 2. The van der Waals surface area contributed by atoms with E-state index in [0.29, 0.717) is 123 Å². The summed E-state index contributed by atoms with van der Waals surface area (Å²) in [5.41, 5.74) is 11.7. The quantitative estimate of drug-likeness (QED) is 0.134. The molecule has 16 aromatic rings. The van der Waals surface area contributed by atoms with Crippen molar-refractivity contribution < 1.29 is 0 Å². The highest BCUT2D eigenvalue weighted by Crippen LogP contribution is 2.41. The molecule has 0 amide bonds. The number of rotatable bonds is 0. The average molecular weight is 977 g/mol. The van der Waals surface area contributed by atoms with Gasteiger partial charge in [-0.25, -0.2) is 59.8 Å². The minimum atomic E-state index is 0.226. The molecular weight excluding hydrogens is 953 g/mol. The first-order chi connectivity index (χ1) is 37.6. The lowest BCUT2D eigenvalue weighted by Gasteiger charge is -2.09. The van der Waals surface area contributed by atoms with Gasteiger partial charge in [0.05, 0.1) is 66.2 Å². The molecule has 0 saturated heterocycles. The van der Waals surface area contributed by atoms with Crippen LogP contribution >= 0.6 is 0 Å². The number of pyridine rings is 6. The lowest BCUT2D eigenvalue weighted by molar-refractivity contribution is 1.18. The highest BCUT2D eigenvalue weighted by Gasteiger charge is 2.30. The topological polar surface area (TPSA) is 264 Å². The number of aromatic nitrogens is 20. The van der Waals surface area contributed by atoms with Crippen LogP contribution < -0.4 is 0 Å². The van der Waals surface area contributed by atoms with Crippen molar-refractivity contribution in [2.75, 3.05) is 0 Å². The fourth-order valence-corrected chi connectivity index (χ4v) is 11.0. The van der Waals surface area contributed by atoms with Crippen molar-refractivity contribution in [2.24, 2.45) is 0 Å². The minimum absolute atomic E-state index is 0.226. The van der Waals surface area contributed by atoms with Crippen LogP contribution in [0.5, 0.6) is 0 Å². The zero-order valence-corrected chi connectivity index (χ0v) is 38.8. The second-order valence-electron chi connectivity index (χ2n) is 18.4. The summed E-state index contributed by atoms with van der Waals surface area (Å²) in [4.78, 5) is 99.3. The molecule has 8 bridgehead atoms. The third-order valence-corrected chi connectivity index (χ3v) is 14.2. The van der Waals surface area contributed by atoms with Gasteiger partial charge >= 0.3 is 0 Å². The van der Waals surface area contributed by atoms with E-state index in [2.05, 4.69) is 9.97 Å². The first-order valence-electron chi connectivity index (χ1n) is 24.1. The first kappa shape index (κ1) is 39.3. The summed E-state index contributed by atoms with van der Waals surface area (Å²) in [5.74, 6) is 0.987. The molecule has 0 radical (unpaired) electrons. The van der Waals surface area contributed by atoms with Crippen LogP contribution in [0.4, 0.5) is 0 Å². The summed E-state index contributed by atoms with van der Waals surface area (Å²) in [6.45, 7) is 0. The standard InChI is InChI=1S/C56H24N20/c1-2-10-24-23(9-1)49-69-50(24)71-52-44-46(66-40-28-14-6-20-60-34(28)32-26(38(40)64-44)12-4-18-58-32)54(73-52)75-56-48-47(67-41-29-15-7-21-61-35(29)36-30(42(41)68-48)16-8-22-62-36)55(76-56)74-53-45-43(51(70-49)72-53)63-37-25-11-3-17-57-31(25)33-27(39(37)65-45)13-5-19-59-33/h1-22H,(H2,69,70,71,72,73,74,75,76). The van der Waals surface area contributed by atoms with E-state index >= 15 is 0 Å². The van der Waals surface area contributed by atoms with Gasteiger partial charge in [0, 0.05) is 80.3 Å². The average Bonchev–Trinajstić information content (AvgIpc) is 4.34. The Morgan fingerprint density at radius 2 is 0.447 bits per heavy atom. The van der Waals surface area contributed by atoms with Crippen LogP contribution in [0.15, 0.2) is 134 Å². The van der Waals surface area contributed by atoms with Crippen LogP contribution in [-0.2, 0) is 0 Å². The molecule has 0 spiro atoms. The Morgan fingerprint density at radius 3 is 0.750 bits per heavy atom. The smallest absolute Gasteiger partial charge is 0.184 e. The van der Waals surface area contributed by atoms with E-state index in [1.54, 1.807) is 37.2 Å². The van der Waals surface area contributed by atoms with Crippen LogP contribution in [-0.4, -0.2) is 99.7 Å². The zero-order chi connectivity index (χ0) is 49.3. The Bertz CT molecular complexity index is 5240. The fraction of sp³-hybridized carbons (Fsp3) is 0. The molecule has 0 saturated carbocycles. The van der Waals surface area contributed by atoms with Gasteiger partial charge in [0.2, 0.25) is 0 Å². The van der Waals surface area contributed by atoms with Gasteiger partial charge in [0.25, 0.3) is 0 Å². The molecule has 18 rings (SSSR count). The second kappa shape index (κ2) is 14.2. The van der Waals surface area contributed by atoms with E-state index in [1.165, 1.54) is 0 Å². The van der Waals surface area contributed by atoms with E-state index in [4.69, 9.17) is 89.7 Å². The fourth-order valence-electron chi connectivity index (χ4n) is 11.0. The molecule has 12 aromatic heterocycles. The maximum atomic E-state index is 5.40. The lowest BCUT2D eigenvalue weighted by Crippen LogP contribution is -1.96. The summed E-state index contributed by atoms with van der Waals surface area (Å²) < 4.78 is 0. The molecule has 0 unspecified atom stereocenters. The zero-order valence-electron chi connectivity index (χ0n) is 38.8. The third-order valence-electron chi connectivity index (χ3n) is 14.2. The third kappa shape index (κ3) is 5.23. The van der Waals surface area contributed by atoms with Crippen LogP contribution in [0.25, 0.3) is 189 Å². The Morgan fingerprint density at radius 1 is 0.197 bits per heavy atom. The molecule has 2 aliphatic rings. The van der Waals surface area contributed by atoms with Crippen LogP contribution in [0, 0.1) is 0 Å². The molecule has 4 aromatic carbocycles. The van der Waals surface area contributed by atoms with Crippen molar-refractivity contribution in [3.8, 4) is 46.1 Å². The summed E-state index contributed by atoms with van der Waals surface area (Å²) in [6, 6.07) is 30.9. The number of benzene rings is 4. The molecule has 14 heterocycles. The minimum Gasteiger partial charge on any atom is -0.324 e. The van der Waals surface area contributed by atoms with Crippen LogP contribution in [0.1, 0.15) is 0 Å². The van der Waals surface area contributed by atoms with Crippen LogP contribution in [0.3, 0.4) is 0 Å². The summed E-state index contributed by atoms with van der Waals surface area (Å²) >= 11 is 0. The van der Waals surface area contributed by atoms with E-state index in [1.807, 2.05) is 97.1 Å². The molecule has 76 heavy (non-hydrogen) atoms. The molecule has 348 valence electrons. The van der Waals surface area contributed by atoms with Gasteiger partial charge in [0.15, 0.2) is 34.6 Å². The van der Waals surface area contributed by atoms with Gasteiger partial charge in [-0.05, 0) is 72.8 Å².